The van der Waals surface area contributed by atoms with Crippen molar-refractivity contribution in [3.63, 3.8) is 0 Å². The summed E-state index contributed by atoms with van der Waals surface area (Å²) in [6, 6.07) is 14.9. The summed E-state index contributed by atoms with van der Waals surface area (Å²) in [4.78, 5) is 11.4. The molecule has 8 heteroatoms. The maximum absolute atomic E-state index is 14.9. The molecule has 0 amide bonds. The number of pyridine rings is 2. The van der Waals surface area contributed by atoms with E-state index in [9.17, 15) is 4.39 Å². The molecule has 1 aliphatic rings. The van der Waals surface area contributed by atoms with Crippen LogP contribution in [0.2, 0.25) is 0 Å². The first-order valence-electron chi connectivity index (χ1n) is 11.5. The summed E-state index contributed by atoms with van der Waals surface area (Å²) in [7, 11) is 2.98. The second-order valence-electron chi connectivity index (χ2n) is 8.39. The van der Waals surface area contributed by atoms with Crippen molar-refractivity contribution in [2.75, 3.05) is 45.8 Å². The van der Waals surface area contributed by atoms with Gasteiger partial charge in [-0.25, -0.2) is 14.4 Å². The molecule has 7 nitrogen and oxygen atoms in total. The second-order valence-corrected chi connectivity index (χ2v) is 8.39. The number of morpholine rings is 1. The second kappa shape index (κ2) is 10.2. The standard InChI is InChI=1S/C27H27FN4O3/c1-33-22-13-23(27(28)24(14-22)34-2)20-5-4-19-12-26(30-16-21(19)11-20)31-25-6-3-18(15-29-25)17-32-7-9-35-10-8-32/h3-6,11-16H,7-10,17H2,1-2H3,(H,29,30,31). The van der Waals surface area contributed by atoms with Gasteiger partial charge in [0.05, 0.1) is 27.4 Å². The first kappa shape index (κ1) is 23.0. The number of benzene rings is 2. The number of hydrogen-bond donors (Lipinski definition) is 1. The van der Waals surface area contributed by atoms with Gasteiger partial charge in [-0.3, -0.25) is 4.90 Å². The lowest BCUT2D eigenvalue weighted by Crippen LogP contribution is -2.35. The Bertz CT molecular complexity index is 1320. The largest absolute Gasteiger partial charge is 0.497 e. The summed E-state index contributed by atoms with van der Waals surface area (Å²) in [5.74, 6) is 1.65. The van der Waals surface area contributed by atoms with Crippen LogP contribution in [0.1, 0.15) is 5.56 Å². The molecule has 0 saturated carbocycles. The van der Waals surface area contributed by atoms with Crippen molar-refractivity contribution in [3.05, 3.63) is 72.3 Å². The molecule has 0 bridgehead atoms. The Hall–Kier alpha value is -3.75. The molecule has 1 saturated heterocycles. The van der Waals surface area contributed by atoms with Crippen LogP contribution >= 0.6 is 0 Å². The average molecular weight is 475 g/mol. The summed E-state index contributed by atoms with van der Waals surface area (Å²) < 4.78 is 30.8. The van der Waals surface area contributed by atoms with Gasteiger partial charge in [0.1, 0.15) is 17.4 Å². The molecule has 0 aliphatic carbocycles. The van der Waals surface area contributed by atoms with E-state index in [1.54, 1.807) is 19.4 Å². The number of nitrogens with one attached hydrogen (secondary N) is 1. The number of rotatable bonds is 7. The van der Waals surface area contributed by atoms with Crippen molar-refractivity contribution < 1.29 is 18.6 Å². The van der Waals surface area contributed by atoms with Crippen LogP contribution in [0.25, 0.3) is 21.9 Å². The number of ether oxygens (including phenoxy) is 3. The van der Waals surface area contributed by atoms with E-state index in [1.165, 1.54) is 13.2 Å². The highest BCUT2D eigenvalue weighted by atomic mass is 19.1. The van der Waals surface area contributed by atoms with Gasteiger partial charge in [-0.05, 0) is 40.8 Å². The molecule has 4 aromatic rings. The molecule has 1 aliphatic heterocycles. The van der Waals surface area contributed by atoms with E-state index >= 15 is 0 Å². The monoisotopic (exact) mass is 474 g/mol. The van der Waals surface area contributed by atoms with Crippen LogP contribution in [0.3, 0.4) is 0 Å². The van der Waals surface area contributed by atoms with Crippen LogP contribution in [0.5, 0.6) is 11.5 Å². The Morgan fingerprint density at radius 3 is 2.49 bits per heavy atom. The summed E-state index contributed by atoms with van der Waals surface area (Å²) >= 11 is 0. The Balaban J connectivity index is 1.33. The fraction of sp³-hybridized carbons (Fsp3) is 0.259. The Morgan fingerprint density at radius 2 is 1.74 bits per heavy atom. The number of anilines is 2. The number of halogens is 1. The van der Waals surface area contributed by atoms with Crippen molar-refractivity contribution in [2.24, 2.45) is 0 Å². The van der Waals surface area contributed by atoms with E-state index in [0.29, 0.717) is 22.7 Å². The van der Waals surface area contributed by atoms with Crippen LogP contribution < -0.4 is 14.8 Å². The average Bonchev–Trinajstić information content (AvgIpc) is 2.90. The molecule has 2 aromatic heterocycles. The third kappa shape index (κ3) is 5.18. The number of methoxy groups -OCH3 is 2. The minimum absolute atomic E-state index is 0.139. The van der Waals surface area contributed by atoms with E-state index < -0.39 is 5.82 Å². The summed E-state index contributed by atoms with van der Waals surface area (Å²) in [5.41, 5.74) is 2.29. The molecule has 0 atom stereocenters. The zero-order valence-corrected chi connectivity index (χ0v) is 19.8. The van der Waals surface area contributed by atoms with Crippen molar-refractivity contribution in [3.8, 4) is 22.6 Å². The van der Waals surface area contributed by atoms with Crippen molar-refractivity contribution >= 4 is 22.4 Å². The summed E-state index contributed by atoms with van der Waals surface area (Å²) in [5, 5.41) is 5.13. The molecule has 0 spiro atoms. The van der Waals surface area contributed by atoms with Crippen molar-refractivity contribution in [1.82, 2.24) is 14.9 Å². The third-order valence-electron chi connectivity index (χ3n) is 6.09. The lowest BCUT2D eigenvalue weighted by Gasteiger charge is -2.26. The maximum Gasteiger partial charge on any atom is 0.173 e. The summed E-state index contributed by atoms with van der Waals surface area (Å²) in [6.07, 6.45) is 3.66. The predicted molar refractivity (Wildman–Crippen MR) is 134 cm³/mol. The zero-order chi connectivity index (χ0) is 24.2. The van der Waals surface area contributed by atoms with Gasteiger partial charge < -0.3 is 19.5 Å². The van der Waals surface area contributed by atoms with Gasteiger partial charge in [0.25, 0.3) is 0 Å². The lowest BCUT2D eigenvalue weighted by molar-refractivity contribution is 0.0341. The van der Waals surface area contributed by atoms with E-state index in [1.807, 2.05) is 36.5 Å². The molecular weight excluding hydrogens is 447 g/mol. The van der Waals surface area contributed by atoms with Crippen molar-refractivity contribution in [1.29, 1.82) is 0 Å². The number of fused-ring (bicyclic) bond motifs is 1. The molecule has 3 heterocycles. The highest BCUT2D eigenvalue weighted by Crippen LogP contribution is 2.35. The molecular formula is C27H27FN4O3. The smallest absolute Gasteiger partial charge is 0.173 e. The van der Waals surface area contributed by atoms with E-state index in [-0.39, 0.29) is 5.75 Å². The molecule has 180 valence electrons. The lowest BCUT2D eigenvalue weighted by atomic mass is 10.0. The Labute approximate surface area is 203 Å². The Morgan fingerprint density at radius 1 is 0.914 bits per heavy atom. The van der Waals surface area contributed by atoms with Crippen LogP contribution in [-0.4, -0.2) is 55.4 Å². The van der Waals surface area contributed by atoms with Gasteiger partial charge in [0.15, 0.2) is 11.6 Å². The molecule has 2 aromatic carbocycles. The summed E-state index contributed by atoms with van der Waals surface area (Å²) in [6.45, 7) is 4.32. The van der Waals surface area contributed by atoms with Gasteiger partial charge in [0, 0.05) is 49.0 Å². The van der Waals surface area contributed by atoms with Gasteiger partial charge in [-0.1, -0.05) is 18.2 Å². The quantitative estimate of drug-likeness (QED) is 0.403. The third-order valence-corrected chi connectivity index (χ3v) is 6.09. The minimum Gasteiger partial charge on any atom is -0.497 e. The fourth-order valence-electron chi connectivity index (χ4n) is 4.17. The van der Waals surface area contributed by atoms with Crippen LogP contribution in [-0.2, 0) is 11.3 Å². The fourth-order valence-corrected chi connectivity index (χ4v) is 4.17. The SMILES string of the molecule is COc1cc(OC)c(F)c(-c2ccc3cc(Nc4ccc(CN5CCOCC5)cn4)ncc3c2)c1. The molecule has 1 N–H and O–H groups in total. The van der Waals surface area contributed by atoms with Gasteiger partial charge in [-0.2, -0.15) is 0 Å². The van der Waals surface area contributed by atoms with Crippen LogP contribution in [0.15, 0.2) is 60.9 Å². The van der Waals surface area contributed by atoms with E-state index in [0.717, 1.165) is 55.0 Å². The van der Waals surface area contributed by atoms with Crippen molar-refractivity contribution in [2.45, 2.75) is 6.54 Å². The molecule has 35 heavy (non-hydrogen) atoms. The normalized spacial score (nSPS) is 14.1. The highest BCUT2D eigenvalue weighted by molar-refractivity contribution is 5.89. The minimum atomic E-state index is -0.429. The maximum atomic E-state index is 14.9. The Kier molecular flexibility index (Phi) is 6.74. The first-order chi connectivity index (χ1) is 17.1. The number of hydrogen-bond acceptors (Lipinski definition) is 7. The number of aromatic nitrogens is 2. The number of nitrogens with zero attached hydrogens (tertiary/aromatic N) is 3. The highest BCUT2D eigenvalue weighted by Gasteiger charge is 2.15. The molecule has 5 rings (SSSR count). The van der Waals surface area contributed by atoms with E-state index in [4.69, 9.17) is 14.2 Å². The molecule has 0 unspecified atom stereocenters. The molecule has 0 radical (unpaired) electrons. The van der Waals surface area contributed by atoms with Crippen LogP contribution in [0, 0.1) is 5.82 Å². The first-order valence-corrected chi connectivity index (χ1v) is 11.5. The van der Waals surface area contributed by atoms with Gasteiger partial charge in [0.2, 0.25) is 0 Å². The predicted octanol–water partition coefficient (Wildman–Crippen LogP) is 5.03. The molecule has 1 fully saturated rings. The van der Waals surface area contributed by atoms with Gasteiger partial charge >= 0.3 is 0 Å². The van der Waals surface area contributed by atoms with Gasteiger partial charge in [-0.15, -0.1) is 0 Å². The topological polar surface area (TPSA) is 68.7 Å². The zero-order valence-electron chi connectivity index (χ0n) is 19.8. The van der Waals surface area contributed by atoms with E-state index in [2.05, 4.69) is 26.3 Å². The van der Waals surface area contributed by atoms with Crippen LogP contribution in [0.4, 0.5) is 16.0 Å².